The molecule has 0 spiro atoms. The molecule has 0 saturated carbocycles. The first-order valence-electron chi connectivity index (χ1n) is 11.4. The third kappa shape index (κ3) is 4.61. The first kappa shape index (κ1) is 22.9. The quantitative estimate of drug-likeness (QED) is 0.248. The molecule has 0 heterocycles. The van der Waals surface area contributed by atoms with Crippen LogP contribution in [0.15, 0.2) is 121 Å². The molecule has 0 fully saturated rings. The molecule has 0 aliphatic rings. The Morgan fingerprint density at radius 3 is 1.45 bits per heavy atom. The molecule has 4 aromatic rings. The van der Waals surface area contributed by atoms with Crippen molar-refractivity contribution in [3.8, 4) is 0 Å². The fourth-order valence-electron chi connectivity index (χ4n) is 4.52. The standard InChI is InChI=1S/C30H30O2Si/c1-30(2,3)33(26-20-12-6-13-21-26,27-22-14-7-15-23-27)32-29(25-18-10-5-11-19-25)28(31)24-16-8-4-9-17-24/h4-23,29H,1-3H3/t29-/m1/s1. The molecule has 0 saturated heterocycles. The predicted molar refractivity (Wildman–Crippen MR) is 139 cm³/mol. The van der Waals surface area contributed by atoms with E-state index in [1.54, 1.807) is 0 Å². The molecule has 166 valence electrons. The summed E-state index contributed by atoms with van der Waals surface area (Å²) in [6.45, 7) is 6.69. The average Bonchev–Trinajstić information content (AvgIpc) is 2.86. The SMILES string of the molecule is CC(C)(C)[Si](O[C@@H](C(=O)c1ccccc1)c1ccccc1)(c1ccccc1)c1ccccc1. The van der Waals surface area contributed by atoms with Gasteiger partial charge in [-0.2, -0.15) is 0 Å². The lowest BCUT2D eigenvalue weighted by Crippen LogP contribution is -2.67. The maximum Gasteiger partial charge on any atom is 0.262 e. The van der Waals surface area contributed by atoms with Crippen LogP contribution in [0.5, 0.6) is 0 Å². The second-order valence-corrected chi connectivity index (χ2v) is 13.6. The minimum atomic E-state index is -2.91. The maximum absolute atomic E-state index is 13.9. The highest BCUT2D eigenvalue weighted by molar-refractivity contribution is 6.99. The lowest BCUT2D eigenvalue weighted by molar-refractivity contribution is 0.0775. The molecular weight excluding hydrogens is 420 g/mol. The average molecular weight is 451 g/mol. The van der Waals surface area contributed by atoms with Crippen molar-refractivity contribution in [1.29, 1.82) is 0 Å². The second kappa shape index (κ2) is 9.70. The maximum atomic E-state index is 13.9. The van der Waals surface area contributed by atoms with E-state index in [-0.39, 0.29) is 10.8 Å². The Balaban J connectivity index is 1.95. The van der Waals surface area contributed by atoms with Crippen molar-refractivity contribution in [3.63, 3.8) is 0 Å². The van der Waals surface area contributed by atoms with Crippen molar-refractivity contribution in [1.82, 2.24) is 0 Å². The molecule has 4 rings (SSSR count). The Morgan fingerprint density at radius 1 is 0.636 bits per heavy atom. The smallest absolute Gasteiger partial charge is 0.262 e. The number of Topliss-reactive ketones (excluding diaryl/α,β-unsaturated/α-hetero) is 1. The normalized spacial score (nSPS) is 12.8. The third-order valence-electron chi connectivity index (χ3n) is 6.11. The molecule has 0 unspecified atom stereocenters. The Hall–Kier alpha value is -3.27. The van der Waals surface area contributed by atoms with Gasteiger partial charge in [0.1, 0.15) is 6.10 Å². The largest absolute Gasteiger partial charge is 0.393 e. The molecule has 0 radical (unpaired) electrons. The lowest BCUT2D eigenvalue weighted by Gasteiger charge is -2.45. The van der Waals surface area contributed by atoms with Crippen molar-refractivity contribution < 1.29 is 9.22 Å². The van der Waals surface area contributed by atoms with E-state index in [2.05, 4.69) is 69.3 Å². The summed E-state index contributed by atoms with van der Waals surface area (Å²) < 4.78 is 7.27. The number of hydrogen-bond acceptors (Lipinski definition) is 2. The Bertz CT molecular complexity index is 1130. The van der Waals surface area contributed by atoms with Crippen LogP contribution in [0.25, 0.3) is 0 Å². The molecule has 33 heavy (non-hydrogen) atoms. The summed E-state index contributed by atoms with van der Waals surface area (Å²) in [6.07, 6.45) is -0.708. The zero-order chi connectivity index (χ0) is 23.3. The van der Waals surface area contributed by atoms with E-state index in [4.69, 9.17) is 4.43 Å². The first-order valence-corrected chi connectivity index (χ1v) is 13.3. The molecule has 3 heteroatoms. The molecule has 0 aliphatic carbocycles. The summed E-state index contributed by atoms with van der Waals surface area (Å²) in [7, 11) is -2.91. The zero-order valence-corrected chi connectivity index (χ0v) is 20.4. The monoisotopic (exact) mass is 450 g/mol. The van der Waals surface area contributed by atoms with E-state index in [9.17, 15) is 4.79 Å². The fraction of sp³-hybridized carbons (Fsp3) is 0.167. The van der Waals surface area contributed by atoms with Gasteiger partial charge in [-0.15, -0.1) is 0 Å². The Kier molecular flexibility index (Phi) is 6.73. The molecule has 0 aromatic heterocycles. The predicted octanol–water partition coefficient (Wildman–Crippen LogP) is 6.19. The molecule has 2 nitrogen and oxygen atoms in total. The summed E-state index contributed by atoms with van der Waals surface area (Å²) in [5.41, 5.74) is 1.53. The number of ketones is 1. The summed E-state index contributed by atoms with van der Waals surface area (Å²) in [6, 6.07) is 40.3. The highest BCUT2D eigenvalue weighted by Gasteiger charge is 2.52. The van der Waals surface area contributed by atoms with E-state index >= 15 is 0 Å². The first-order chi connectivity index (χ1) is 15.9. The summed E-state index contributed by atoms with van der Waals surface area (Å²) >= 11 is 0. The molecule has 0 aliphatic heterocycles. The van der Waals surface area contributed by atoms with E-state index in [0.29, 0.717) is 5.56 Å². The summed E-state index contributed by atoms with van der Waals surface area (Å²) in [5, 5.41) is 2.09. The van der Waals surface area contributed by atoms with Crippen LogP contribution in [-0.2, 0) is 4.43 Å². The van der Waals surface area contributed by atoms with Gasteiger partial charge in [-0.3, -0.25) is 4.79 Å². The van der Waals surface area contributed by atoms with Crippen LogP contribution < -0.4 is 10.4 Å². The number of carbonyl (C=O) groups is 1. The van der Waals surface area contributed by atoms with Crippen LogP contribution >= 0.6 is 0 Å². The Labute approximate surface area is 198 Å². The van der Waals surface area contributed by atoms with Crippen molar-refractivity contribution in [3.05, 3.63) is 132 Å². The lowest BCUT2D eigenvalue weighted by atomic mass is 10.0. The Morgan fingerprint density at radius 2 is 1.03 bits per heavy atom. The van der Waals surface area contributed by atoms with Gasteiger partial charge in [0.25, 0.3) is 8.32 Å². The van der Waals surface area contributed by atoms with Gasteiger partial charge >= 0.3 is 0 Å². The van der Waals surface area contributed by atoms with E-state index < -0.39 is 14.4 Å². The zero-order valence-electron chi connectivity index (χ0n) is 19.4. The molecule has 4 aromatic carbocycles. The number of hydrogen-bond donors (Lipinski definition) is 0. The van der Waals surface area contributed by atoms with Crippen LogP contribution in [0.2, 0.25) is 5.04 Å². The highest BCUT2D eigenvalue weighted by Crippen LogP contribution is 2.40. The number of rotatable bonds is 7. The minimum Gasteiger partial charge on any atom is -0.393 e. The van der Waals surface area contributed by atoms with Crippen LogP contribution in [0.1, 0.15) is 42.8 Å². The van der Waals surface area contributed by atoms with Crippen molar-refractivity contribution in [2.24, 2.45) is 0 Å². The highest BCUT2D eigenvalue weighted by atomic mass is 28.4. The number of benzene rings is 4. The topological polar surface area (TPSA) is 26.3 Å². The molecule has 1 atom stereocenters. The second-order valence-electron chi connectivity index (χ2n) is 9.30. The van der Waals surface area contributed by atoms with Gasteiger partial charge in [0.05, 0.1) is 0 Å². The van der Waals surface area contributed by atoms with Crippen LogP contribution in [0.4, 0.5) is 0 Å². The van der Waals surface area contributed by atoms with Gasteiger partial charge in [0.2, 0.25) is 0 Å². The van der Waals surface area contributed by atoms with Gasteiger partial charge in [-0.05, 0) is 21.0 Å². The van der Waals surface area contributed by atoms with Crippen molar-refractivity contribution in [2.75, 3.05) is 0 Å². The van der Waals surface area contributed by atoms with Gasteiger partial charge in [0, 0.05) is 5.56 Å². The number of carbonyl (C=O) groups excluding carboxylic acids is 1. The molecule has 0 bridgehead atoms. The van der Waals surface area contributed by atoms with Gasteiger partial charge in [-0.1, -0.05) is 142 Å². The molecular formula is C30H30O2Si. The van der Waals surface area contributed by atoms with E-state index in [1.807, 2.05) is 72.8 Å². The minimum absolute atomic E-state index is 0.0187. The van der Waals surface area contributed by atoms with Crippen molar-refractivity contribution >= 4 is 24.5 Å². The van der Waals surface area contributed by atoms with E-state index in [0.717, 1.165) is 15.9 Å². The van der Waals surface area contributed by atoms with Gasteiger partial charge in [0.15, 0.2) is 5.78 Å². The summed E-state index contributed by atoms with van der Waals surface area (Å²) in [4.78, 5) is 13.9. The van der Waals surface area contributed by atoms with Crippen LogP contribution in [0.3, 0.4) is 0 Å². The van der Waals surface area contributed by atoms with Gasteiger partial charge in [-0.25, -0.2) is 0 Å². The van der Waals surface area contributed by atoms with Crippen LogP contribution in [0, 0.1) is 0 Å². The summed E-state index contributed by atoms with van der Waals surface area (Å²) in [5.74, 6) is -0.0187. The fourth-order valence-corrected chi connectivity index (χ4v) is 9.13. The third-order valence-corrected chi connectivity index (χ3v) is 11.1. The van der Waals surface area contributed by atoms with Crippen LogP contribution in [-0.4, -0.2) is 14.1 Å². The van der Waals surface area contributed by atoms with Gasteiger partial charge < -0.3 is 4.43 Å². The molecule has 0 N–H and O–H groups in total. The van der Waals surface area contributed by atoms with Crippen molar-refractivity contribution in [2.45, 2.75) is 31.9 Å². The van der Waals surface area contributed by atoms with E-state index in [1.165, 1.54) is 0 Å². The molecule has 0 amide bonds.